The van der Waals surface area contributed by atoms with E-state index < -0.39 is 0 Å². The lowest BCUT2D eigenvalue weighted by Crippen LogP contribution is -2.11. The molecule has 0 aliphatic carbocycles. The van der Waals surface area contributed by atoms with Gasteiger partial charge in [0, 0.05) is 16.3 Å². The number of ether oxygens (including phenoxy) is 3. The molecular weight excluding hydrogens is 354 g/mol. The molecule has 3 aromatic carbocycles. The summed E-state index contributed by atoms with van der Waals surface area (Å²) in [6, 6.07) is 19.3. The maximum absolute atomic E-state index is 12.4. The molecule has 26 heavy (non-hydrogen) atoms. The van der Waals surface area contributed by atoms with Crippen LogP contribution in [0.5, 0.6) is 23.0 Å². The molecule has 1 amide bonds. The third-order valence-electron chi connectivity index (χ3n) is 3.78. The predicted octanol–water partition coefficient (Wildman–Crippen LogP) is 5.11. The van der Waals surface area contributed by atoms with E-state index in [0.29, 0.717) is 39.3 Å². The maximum Gasteiger partial charge on any atom is 0.255 e. The second kappa shape index (κ2) is 6.98. The molecule has 1 N–H and O–H groups in total. The van der Waals surface area contributed by atoms with Crippen molar-refractivity contribution < 1.29 is 19.0 Å². The Bertz CT molecular complexity index is 956. The van der Waals surface area contributed by atoms with Crippen molar-refractivity contribution in [1.29, 1.82) is 0 Å². The van der Waals surface area contributed by atoms with E-state index in [0.717, 1.165) is 0 Å². The molecule has 4 rings (SSSR count). The first-order valence-corrected chi connectivity index (χ1v) is 8.30. The van der Waals surface area contributed by atoms with E-state index in [4.69, 9.17) is 25.8 Å². The van der Waals surface area contributed by atoms with E-state index in [-0.39, 0.29) is 12.7 Å². The lowest BCUT2D eigenvalue weighted by atomic mass is 10.2. The SMILES string of the molecule is O=C(Nc1ccc(Oc2cccc(Cl)c2)cc1)c1ccc2c(c1)OCO2. The molecule has 3 aromatic rings. The predicted molar refractivity (Wildman–Crippen MR) is 98.5 cm³/mol. The van der Waals surface area contributed by atoms with Crippen molar-refractivity contribution in [1.82, 2.24) is 0 Å². The fraction of sp³-hybridized carbons (Fsp3) is 0.0500. The molecule has 130 valence electrons. The summed E-state index contributed by atoms with van der Waals surface area (Å²) in [5.74, 6) is 2.28. The largest absolute Gasteiger partial charge is 0.457 e. The van der Waals surface area contributed by atoms with Gasteiger partial charge in [0.25, 0.3) is 5.91 Å². The number of carbonyl (C=O) groups is 1. The van der Waals surface area contributed by atoms with Gasteiger partial charge in [-0.2, -0.15) is 0 Å². The van der Waals surface area contributed by atoms with E-state index in [1.54, 1.807) is 54.6 Å². The first-order chi connectivity index (χ1) is 12.7. The minimum atomic E-state index is -0.230. The first kappa shape index (κ1) is 16.3. The molecule has 1 heterocycles. The Kier molecular flexibility index (Phi) is 4.37. The highest BCUT2D eigenvalue weighted by Gasteiger charge is 2.16. The van der Waals surface area contributed by atoms with Gasteiger partial charge >= 0.3 is 0 Å². The van der Waals surface area contributed by atoms with E-state index >= 15 is 0 Å². The Hall–Kier alpha value is -3.18. The minimum Gasteiger partial charge on any atom is -0.457 e. The van der Waals surface area contributed by atoms with E-state index in [1.807, 2.05) is 12.1 Å². The number of rotatable bonds is 4. The molecule has 0 bridgehead atoms. The summed E-state index contributed by atoms with van der Waals surface area (Å²) in [4.78, 5) is 12.4. The topological polar surface area (TPSA) is 56.8 Å². The van der Waals surface area contributed by atoms with Gasteiger partial charge in [0.15, 0.2) is 11.5 Å². The summed E-state index contributed by atoms with van der Waals surface area (Å²) < 4.78 is 16.3. The van der Waals surface area contributed by atoms with Crippen molar-refractivity contribution in [3.05, 3.63) is 77.3 Å². The highest BCUT2D eigenvalue weighted by molar-refractivity contribution is 6.30. The van der Waals surface area contributed by atoms with Crippen LogP contribution in [0.4, 0.5) is 5.69 Å². The molecule has 1 aliphatic heterocycles. The van der Waals surface area contributed by atoms with Gasteiger partial charge in [-0.15, -0.1) is 0 Å². The highest BCUT2D eigenvalue weighted by atomic mass is 35.5. The van der Waals surface area contributed by atoms with Crippen LogP contribution in [0.1, 0.15) is 10.4 Å². The van der Waals surface area contributed by atoms with Crippen molar-refractivity contribution in [3.63, 3.8) is 0 Å². The smallest absolute Gasteiger partial charge is 0.255 e. The monoisotopic (exact) mass is 367 g/mol. The van der Waals surface area contributed by atoms with Gasteiger partial charge in [-0.1, -0.05) is 17.7 Å². The summed E-state index contributed by atoms with van der Waals surface area (Å²) in [5, 5.41) is 3.44. The molecule has 0 spiro atoms. The van der Waals surface area contributed by atoms with E-state index in [2.05, 4.69) is 5.32 Å². The van der Waals surface area contributed by atoms with Gasteiger partial charge in [-0.25, -0.2) is 0 Å². The molecule has 0 fully saturated rings. The summed E-state index contributed by atoms with van der Waals surface area (Å²) in [5.41, 5.74) is 1.15. The lowest BCUT2D eigenvalue weighted by Gasteiger charge is -2.09. The summed E-state index contributed by atoms with van der Waals surface area (Å²) in [7, 11) is 0. The number of benzene rings is 3. The lowest BCUT2D eigenvalue weighted by molar-refractivity contribution is 0.102. The molecule has 0 atom stereocenters. The highest BCUT2D eigenvalue weighted by Crippen LogP contribution is 2.32. The number of amides is 1. The molecular formula is C20H14ClNO4. The van der Waals surface area contributed by atoms with Crippen molar-refractivity contribution >= 4 is 23.2 Å². The van der Waals surface area contributed by atoms with Gasteiger partial charge in [-0.3, -0.25) is 4.79 Å². The zero-order chi connectivity index (χ0) is 17.9. The third kappa shape index (κ3) is 3.58. The Morgan fingerprint density at radius 2 is 1.73 bits per heavy atom. The molecule has 6 heteroatoms. The van der Waals surface area contributed by atoms with Crippen LogP contribution in [0.15, 0.2) is 66.7 Å². The zero-order valence-corrected chi connectivity index (χ0v) is 14.3. The molecule has 0 unspecified atom stereocenters. The number of anilines is 1. The van der Waals surface area contributed by atoms with Crippen molar-refractivity contribution in [3.8, 4) is 23.0 Å². The number of carbonyl (C=O) groups excluding carboxylic acids is 1. The van der Waals surface area contributed by atoms with E-state index in [1.165, 1.54) is 0 Å². The normalized spacial score (nSPS) is 11.9. The van der Waals surface area contributed by atoms with Crippen LogP contribution in [0, 0.1) is 0 Å². The molecule has 1 aliphatic rings. The number of hydrogen-bond acceptors (Lipinski definition) is 4. The van der Waals surface area contributed by atoms with Crippen LogP contribution in [0.2, 0.25) is 5.02 Å². The molecule has 0 saturated heterocycles. The second-order valence-electron chi connectivity index (χ2n) is 5.61. The molecule has 0 aromatic heterocycles. The first-order valence-electron chi connectivity index (χ1n) is 7.92. The summed E-state index contributed by atoms with van der Waals surface area (Å²) in [6.45, 7) is 0.175. The number of hydrogen-bond donors (Lipinski definition) is 1. The van der Waals surface area contributed by atoms with Crippen LogP contribution >= 0.6 is 11.6 Å². The zero-order valence-electron chi connectivity index (χ0n) is 13.6. The van der Waals surface area contributed by atoms with Crippen LogP contribution in [0.25, 0.3) is 0 Å². The van der Waals surface area contributed by atoms with E-state index in [9.17, 15) is 4.79 Å². The number of fused-ring (bicyclic) bond motifs is 1. The quantitative estimate of drug-likeness (QED) is 0.695. The minimum absolute atomic E-state index is 0.175. The summed E-state index contributed by atoms with van der Waals surface area (Å²) >= 11 is 5.94. The van der Waals surface area contributed by atoms with Gasteiger partial charge in [0.2, 0.25) is 6.79 Å². The summed E-state index contributed by atoms with van der Waals surface area (Å²) in [6.07, 6.45) is 0. The molecule has 0 radical (unpaired) electrons. The van der Waals surface area contributed by atoms with Crippen molar-refractivity contribution in [2.75, 3.05) is 12.1 Å². The second-order valence-corrected chi connectivity index (χ2v) is 6.04. The Labute approximate surface area is 155 Å². The van der Waals surface area contributed by atoms with Gasteiger partial charge in [0.05, 0.1) is 0 Å². The maximum atomic E-state index is 12.4. The third-order valence-corrected chi connectivity index (χ3v) is 4.01. The van der Waals surface area contributed by atoms with Crippen LogP contribution in [-0.2, 0) is 0 Å². The van der Waals surface area contributed by atoms with Gasteiger partial charge in [-0.05, 0) is 60.7 Å². The fourth-order valence-corrected chi connectivity index (χ4v) is 2.69. The van der Waals surface area contributed by atoms with Crippen LogP contribution < -0.4 is 19.5 Å². The average molecular weight is 368 g/mol. The number of halogens is 1. The number of nitrogens with one attached hydrogen (secondary N) is 1. The van der Waals surface area contributed by atoms with Gasteiger partial charge < -0.3 is 19.5 Å². The Balaban J connectivity index is 1.43. The van der Waals surface area contributed by atoms with Crippen LogP contribution in [-0.4, -0.2) is 12.7 Å². The Morgan fingerprint density at radius 3 is 2.54 bits per heavy atom. The fourth-order valence-electron chi connectivity index (χ4n) is 2.51. The molecule has 5 nitrogen and oxygen atoms in total. The van der Waals surface area contributed by atoms with Crippen LogP contribution in [0.3, 0.4) is 0 Å². The standard InChI is InChI=1S/C20H14ClNO4/c21-14-2-1-3-17(11-14)26-16-7-5-15(6-8-16)22-20(23)13-4-9-18-19(10-13)25-12-24-18/h1-11H,12H2,(H,22,23). The van der Waals surface area contributed by atoms with Crippen molar-refractivity contribution in [2.24, 2.45) is 0 Å². The Morgan fingerprint density at radius 1 is 0.923 bits per heavy atom. The average Bonchev–Trinajstić information content (AvgIpc) is 3.11. The molecule has 0 saturated carbocycles. The van der Waals surface area contributed by atoms with Crippen molar-refractivity contribution in [2.45, 2.75) is 0 Å². The van der Waals surface area contributed by atoms with Gasteiger partial charge in [0.1, 0.15) is 11.5 Å².